The smallest absolute Gasteiger partial charge is 0.161 e. The van der Waals surface area contributed by atoms with Gasteiger partial charge in [-0.05, 0) is 12.1 Å². The lowest BCUT2D eigenvalue weighted by atomic mass is 10.3. The van der Waals surface area contributed by atoms with Crippen LogP contribution in [-0.2, 0) is 4.74 Å². The van der Waals surface area contributed by atoms with Crippen molar-refractivity contribution < 1.29 is 14.2 Å². The first kappa shape index (κ1) is 16.3. The van der Waals surface area contributed by atoms with E-state index in [1.165, 1.54) is 0 Å². The number of hydrogen-bond donors (Lipinski definition) is 0. The van der Waals surface area contributed by atoms with E-state index in [0.29, 0.717) is 19.6 Å². The third-order valence-corrected chi connectivity index (χ3v) is 2.89. The van der Waals surface area contributed by atoms with Crippen molar-refractivity contribution in [3.8, 4) is 17.6 Å². The fourth-order valence-corrected chi connectivity index (χ4v) is 1.79. The molecule has 5 nitrogen and oxygen atoms in total. The van der Waals surface area contributed by atoms with Gasteiger partial charge in [0, 0.05) is 33.2 Å². The Morgan fingerprint density at radius 2 is 1.75 bits per heavy atom. The molecule has 0 saturated heterocycles. The number of hydrogen-bond acceptors (Lipinski definition) is 5. The van der Waals surface area contributed by atoms with Gasteiger partial charge in [-0.1, -0.05) is 12.1 Å². The maximum absolute atomic E-state index is 8.66. The molecule has 0 atom stereocenters. The summed E-state index contributed by atoms with van der Waals surface area (Å²) >= 11 is 0. The van der Waals surface area contributed by atoms with Crippen molar-refractivity contribution >= 4 is 0 Å². The highest BCUT2D eigenvalue weighted by Crippen LogP contribution is 2.25. The number of ether oxygens (including phenoxy) is 3. The van der Waals surface area contributed by atoms with Crippen molar-refractivity contribution in [2.24, 2.45) is 0 Å². The molecule has 1 aromatic rings. The minimum Gasteiger partial charge on any atom is -0.493 e. The average molecular weight is 278 g/mol. The SMILES string of the molecule is COCCN(CCC#N)CCOc1ccccc1OC. The summed E-state index contributed by atoms with van der Waals surface area (Å²) in [5.41, 5.74) is 0. The summed E-state index contributed by atoms with van der Waals surface area (Å²) in [5, 5.41) is 8.66. The number of para-hydroxylation sites is 2. The average Bonchev–Trinajstić information content (AvgIpc) is 2.49. The van der Waals surface area contributed by atoms with Gasteiger partial charge in [-0.3, -0.25) is 4.90 Å². The predicted octanol–water partition coefficient (Wildman–Crippen LogP) is 1.94. The Balaban J connectivity index is 2.40. The highest BCUT2D eigenvalue weighted by atomic mass is 16.5. The first-order valence-corrected chi connectivity index (χ1v) is 6.66. The fourth-order valence-electron chi connectivity index (χ4n) is 1.79. The lowest BCUT2D eigenvalue weighted by Gasteiger charge is -2.21. The van der Waals surface area contributed by atoms with Crippen molar-refractivity contribution in [2.75, 3.05) is 47.1 Å². The molecule has 0 bridgehead atoms. The van der Waals surface area contributed by atoms with E-state index in [1.807, 2.05) is 24.3 Å². The number of nitriles is 1. The Bertz CT molecular complexity index is 418. The van der Waals surface area contributed by atoms with Gasteiger partial charge in [0.1, 0.15) is 6.61 Å². The van der Waals surface area contributed by atoms with Gasteiger partial charge >= 0.3 is 0 Å². The van der Waals surface area contributed by atoms with Crippen LogP contribution in [-0.4, -0.2) is 52.0 Å². The van der Waals surface area contributed by atoms with Gasteiger partial charge in [0.2, 0.25) is 0 Å². The molecule has 0 heterocycles. The summed E-state index contributed by atoms with van der Waals surface area (Å²) in [7, 11) is 3.30. The Kier molecular flexibility index (Phi) is 8.20. The molecule has 0 spiro atoms. The summed E-state index contributed by atoms with van der Waals surface area (Å²) in [5.74, 6) is 1.47. The van der Waals surface area contributed by atoms with Crippen LogP contribution in [0.4, 0.5) is 0 Å². The summed E-state index contributed by atoms with van der Waals surface area (Å²) in [4.78, 5) is 2.15. The zero-order valence-corrected chi connectivity index (χ0v) is 12.2. The molecule has 1 rings (SSSR count). The fraction of sp³-hybridized carbons (Fsp3) is 0.533. The van der Waals surface area contributed by atoms with Crippen molar-refractivity contribution in [2.45, 2.75) is 6.42 Å². The lowest BCUT2D eigenvalue weighted by Crippen LogP contribution is -2.32. The molecule has 0 aliphatic rings. The maximum Gasteiger partial charge on any atom is 0.161 e. The van der Waals surface area contributed by atoms with Crippen LogP contribution in [0.2, 0.25) is 0 Å². The Labute approximate surface area is 120 Å². The molecule has 0 amide bonds. The maximum atomic E-state index is 8.66. The van der Waals surface area contributed by atoms with Gasteiger partial charge in [0.15, 0.2) is 11.5 Å². The molecule has 110 valence electrons. The molecular formula is C15H22N2O3. The van der Waals surface area contributed by atoms with E-state index in [0.717, 1.165) is 31.1 Å². The Morgan fingerprint density at radius 1 is 1.05 bits per heavy atom. The van der Waals surface area contributed by atoms with Crippen LogP contribution in [0.1, 0.15) is 6.42 Å². The van der Waals surface area contributed by atoms with Crippen molar-refractivity contribution in [3.05, 3.63) is 24.3 Å². The second-order valence-electron chi connectivity index (χ2n) is 4.24. The molecular weight excluding hydrogens is 256 g/mol. The zero-order valence-electron chi connectivity index (χ0n) is 12.2. The quantitative estimate of drug-likeness (QED) is 0.654. The molecule has 0 aliphatic carbocycles. The number of nitrogens with zero attached hydrogens (tertiary/aromatic N) is 2. The second-order valence-corrected chi connectivity index (χ2v) is 4.24. The molecule has 0 aliphatic heterocycles. The number of rotatable bonds is 10. The van der Waals surface area contributed by atoms with E-state index in [9.17, 15) is 0 Å². The van der Waals surface area contributed by atoms with Crippen molar-refractivity contribution in [3.63, 3.8) is 0 Å². The minimum absolute atomic E-state index is 0.512. The third kappa shape index (κ3) is 5.91. The normalized spacial score (nSPS) is 10.3. The van der Waals surface area contributed by atoms with Gasteiger partial charge in [0.25, 0.3) is 0 Å². The lowest BCUT2D eigenvalue weighted by molar-refractivity contribution is 0.135. The predicted molar refractivity (Wildman–Crippen MR) is 77.0 cm³/mol. The van der Waals surface area contributed by atoms with Crippen LogP contribution in [0, 0.1) is 11.3 Å². The van der Waals surface area contributed by atoms with Gasteiger partial charge in [-0.15, -0.1) is 0 Å². The van der Waals surface area contributed by atoms with E-state index in [2.05, 4.69) is 11.0 Å². The van der Waals surface area contributed by atoms with Crippen LogP contribution in [0.3, 0.4) is 0 Å². The molecule has 0 fully saturated rings. The third-order valence-electron chi connectivity index (χ3n) is 2.89. The standard InChI is InChI=1S/C15H22N2O3/c1-18-12-10-17(9-5-8-16)11-13-20-15-7-4-3-6-14(15)19-2/h3-4,6-7H,5,9-13H2,1-2H3. The molecule has 5 heteroatoms. The first-order valence-electron chi connectivity index (χ1n) is 6.66. The summed E-state index contributed by atoms with van der Waals surface area (Å²) in [6.45, 7) is 3.49. The van der Waals surface area contributed by atoms with Crippen LogP contribution in [0.5, 0.6) is 11.5 Å². The van der Waals surface area contributed by atoms with E-state index in [4.69, 9.17) is 19.5 Å². The molecule has 0 N–H and O–H groups in total. The summed E-state index contributed by atoms with van der Waals surface area (Å²) in [6.07, 6.45) is 0.512. The van der Waals surface area contributed by atoms with Crippen molar-refractivity contribution in [1.29, 1.82) is 5.26 Å². The summed E-state index contributed by atoms with van der Waals surface area (Å²) < 4.78 is 16.0. The van der Waals surface area contributed by atoms with E-state index in [-0.39, 0.29) is 0 Å². The molecule has 0 radical (unpaired) electrons. The van der Waals surface area contributed by atoms with Gasteiger partial charge in [0.05, 0.1) is 19.8 Å². The van der Waals surface area contributed by atoms with Crippen LogP contribution in [0.25, 0.3) is 0 Å². The number of methoxy groups -OCH3 is 2. The van der Waals surface area contributed by atoms with E-state index < -0.39 is 0 Å². The Hall–Kier alpha value is -1.77. The van der Waals surface area contributed by atoms with Crippen LogP contribution >= 0.6 is 0 Å². The highest BCUT2D eigenvalue weighted by molar-refractivity contribution is 5.39. The first-order chi connectivity index (χ1) is 9.81. The highest BCUT2D eigenvalue weighted by Gasteiger charge is 2.06. The topological polar surface area (TPSA) is 54.7 Å². The zero-order chi connectivity index (χ0) is 14.6. The molecule has 0 saturated carbocycles. The molecule has 20 heavy (non-hydrogen) atoms. The second kappa shape index (κ2) is 10.1. The molecule has 0 unspecified atom stereocenters. The van der Waals surface area contributed by atoms with Crippen molar-refractivity contribution in [1.82, 2.24) is 4.90 Å². The van der Waals surface area contributed by atoms with E-state index in [1.54, 1.807) is 14.2 Å². The van der Waals surface area contributed by atoms with Crippen LogP contribution in [0.15, 0.2) is 24.3 Å². The minimum atomic E-state index is 0.512. The van der Waals surface area contributed by atoms with Gasteiger partial charge < -0.3 is 14.2 Å². The van der Waals surface area contributed by atoms with Crippen LogP contribution < -0.4 is 9.47 Å². The van der Waals surface area contributed by atoms with Gasteiger partial charge in [-0.2, -0.15) is 5.26 Å². The van der Waals surface area contributed by atoms with Gasteiger partial charge in [-0.25, -0.2) is 0 Å². The monoisotopic (exact) mass is 278 g/mol. The molecule has 1 aromatic carbocycles. The number of benzene rings is 1. The van der Waals surface area contributed by atoms with E-state index >= 15 is 0 Å². The Morgan fingerprint density at radius 3 is 2.40 bits per heavy atom. The summed E-state index contributed by atoms with van der Waals surface area (Å²) in [6, 6.07) is 9.73. The molecule has 0 aromatic heterocycles. The largest absolute Gasteiger partial charge is 0.493 e.